The molecule has 1 fully saturated rings. The van der Waals surface area contributed by atoms with Crippen LogP contribution >= 0.6 is 11.6 Å². The molecule has 2 unspecified atom stereocenters. The Kier molecular flexibility index (Phi) is 6.02. The number of ketones is 1. The number of halogens is 4. The average molecular weight is 451 g/mol. The number of alkyl halides is 3. The zero-order valence-corrected chi connectivity index (χ0v) is 16.9. The van der Waals surface area contributed by atoms with Gasteiger partial charge >= 0.3 is 6.36 Å². The van der Waals surface area contributed by atoms with Crippen molar-refractivity contribution in [3.63, 3.8) is 0 Å². The quantitative estimate of drug-likeness (QED) is 0.463. The lowest BCUT2D eigenvalue weighted by Gasteiger charge is -2.10. The van der Waals surface area contributed by atoms with Crippen LogP contribution in [0.5, 0.6) is 5.75 Å². The first-order valence-electron chi connectivity index (χ1n) is 9.62. The van der Waals surface area contributed by atoms with Crippen molar-refractivity contribution >= 4 is 23.3 Å². The lowest BCUT2D eigenvalue weighted by atomic mass is 10.1. The molecule has 0 bridgehead atoms. The normalized spacial score (nSPS) is 22.3. The van der Waals surface area contributed by atoms with Crippen LogP contribution in [0.3, 0.4) is 0 Å². The van der Waals surface area contributed by atoms with Gasteiger partial charge in [0, 0.05) is 16.5 Å². The summed E-state index contributed by atoms with van der Waals surface area (Å²) in [5.74, 6) is 0.201. The van der Waals surface area contributed by atoms with Crippen molar-refractivity contribution in [2.24, 2.45) is 10.9 Å². The van der Waals surface area contributed by atoms with Gasteiger partial charge in [0.1, 0.15) is 5.75 Å². The first-order chi connectivity index (χ1) is 14.8. The molecule has 0 spiro atoms. The minimum Gasteiger partial charge on any atom is -0.406 e. The van der Waals surface area contributed by atoms with Crippen LogP contribution in [0, 0.1) is 5.92 Å². The lowest BCUT2D eigenvalue weighted by molar-refractivity contribution is -0.274. The van der Waals surface area contributed by atoms with E-state index in [-0.39, 0.29) is 17.5 Å². The Morgan fingerprint density at radius 3 is 2.55 bits per heavy atom. The topological polar surface area (TPSA) is 59.9 Å². The third-order valence-electron chi connectivity index (χ3n) is 5.10. The smallest absolute Gasteiger partial charge is 0.406 e. The van der Waals surface area contributed by atoms with Crippen molar-refractivity contribution in [1.82, 2.24) is 5.48 Å². The maximum absolute atomic E-state index is 12.4. The number of carbonyl (C=O) groups excluding carboxylic acids is 1. The number of rotatable bonds is 5. The number of ether oxygens (including phenoxy) is 1. The Labute approximate surface area is 181 Å². The molecule has 2 aromatic rings. The number of carbonyl (C=O) groups is 1. The van der Waals surface area contributed by atoms with Gasteiger partial charge in [0.25, 0.3) is 0 Å². The minimum atomic E-state index is -4.73. The fraction of sp³-hybridized carbons (Fsp3) is 0.273. The van der Waals surface area contributed by atoms with Gasteiger partial charge in [-0.05, 0) is 67.3 Å². The SMILES string of the molecule is O=C(/C=C1/CCC(C2=NC(c3ccc(OC(F)(F)F)cc3)NO2)C1)c1ccc(Cl)cc1. The van der Waals surface area contributed by atoms with E-state index in [0.717, 1.165) is 18.4 Å². The number of nitrogens with one attached hydrogen (secondary N) is 1. The maximum atomic E-state index is 12.4. The highest BCUT2D eigenvalue weighted by Gasteiger charge is 2.33. The van der Waals surface area contributed by atoms with Crippen molar-refractivity contribution in [2.45, 2.75) is 31.8 Å². The first kappa shape index (κ1) is 21.4. The molecule has 0 amide bonds. The number of allylic oxidation sites excluding steroid dienone is 2. The summed E-state index contributed by atoms with van der Waals surface area (Å²) < 4.78 is 40.7. The molecule has 31 heavy (non-hydrogen) atoms. The van der Waals surface area contributed by atoms with Crippen molar-refractivity contribution < 1.29 is 27.5 Å². The van der Waals surface area contributed by atoms with Gasteiger partial charge in [0.15, 0.2) is 11.9 Å². The zero-order chi connectivity index (χ0) is 22.0. The van der Waals surface area contributed by atoms with E-state index in [1.54, 1.807) is 30.3 Å². The van der Waals surface area contributed by atoms with Gasteiger partial charge in [-0.25, -0.2) is 4.99 Å². The highest BCUT2D eigenvalue weighted by atomic mass is 35.5. The molecule has 1 heterocycles. The van der Waals surface area contributed by atoms with Crippen LogP contribution in [0.2, 0.25) is 5.02 Å². The third kappa shape index (κ3) is 5.45. The maximum Gasteiger partial charge on any atom is 0.573 e. The van der Waals surface area contributed by atoms with Gasteiger partial charge in [0.05, 0.1) is 0 Å². The summed E-state index contributed by atoms with van der Waals surface area (Å²) in [6.07, 6.45) is -1.37. The number of benzene rings is 2. The van der Waals surface area contributed by atoms with Crippen LogP contribution in [0.4, 0.5) is 13.2 Å². The van der Waals surface area contributed by atoms with E-state index in [1.807, 2.05) is 0 Å². The molecule has 9 heteroatoms. The van der Waals surface area contributed by atoms with E-state index in [9.17, 15) is 18.0 Å². The largest absolute Gasteiger partial charge is 0.573 e. The van der Waals surface area contributed by atoms with Crippen LogP contribution < -0.4 is 10.2 Å². The van der Waals surface area contributed by atoms with E-state index in [1.165, 1.54) is 24.3 Å². The number of hydroxylamine groups is 1. The summed E-state index contributed by atoms with van der Waals surface area (Å²) >= 11 is 5.86. The van der Waals surface area contributed by atoms with Crippen molar-refractivity contribution in [3.8, 4) is 5.75 Å². The minimum absolute atomic E-state index is 0.0367. The molecular weight excluding hydrogens is 433 g/mol. The molecule has 0 radical (unpaired) electrons. The molecule has 1 saturated carbocycles. The summed E-state index contributed by atoms with van der Waals surface area (Å²) in [5.41, 5.74) is 5.04. The molecule has 5 nitrogen and oxygen atoms in total. The fourth-order valence-electron chi connectivity index (χ4n) is 3.58. The second-order valence-electron chi connectivity index (χ2n) is 7.32. The van der Waals surface area contributed by atoms with Crippen LogP contribution in [0.15, 0.2) is 65.2 Å². The van der Waals surface area contributed by atoms with Gasteiger partial charge in [-0.2, -0.15) is 0 Å². The number of aliphatic imine (C=N–C) groups is 1. The Morgan fingerprint density at radius 2 is 1.87 bits per heavy atom. The van der Waals surface area contributed by atoms with Crippen molar-refractivity contribution in [2.75, 3.05) is 0 Å². The van der Waals surface area contributed by atoms with Crippen molar-refractivity contribution in [1.29, 1.82) is 0 Å². The molecule has 1 N–H and O–H groups in total. The zero-order valence-electron chi connectivity index (χ0n) is 16.2. The van der Waals surface area contributed by atoms with Gasteiger partial charge in [-0.15, -0.1) is 18.7 Å². The number of nitrogens with zero attached hydrogens (tertiary/aromatic N) is 1. The van der Waals surface area contributed by atoms with Gasteiger partial charge in [-0.3, -0.25) is 4.79 Å². The fourth-order valence-corrected chi connectivity index (χ4v) is 3.71. The molecular formula is C22H18ClF3N2O3. The molecule has 162 valence electrons. The first-order valence-corrected chi connectivity index (χ1v) is 10.00. The van der Waals surface area contributed by atoms with Gasteiger partial charge < -0.3 is 9.57 Å². The molecule has 0 saturated heterocycles. The molecule has 2 aromatic carbocycles. The second-order valence-corrected chi connectivity index (χ2v) is 7.76. The molecule has 0 aromatic heterocycles. The Morgan fingerprint density at radius 1 is 1.16 bits per heavy atom. The number of hydrogen-bond acceptors (Lipinski definition) is 5. The molecule has 2 atom stereocenters. The third-order valence-corrected chi connectivity index (χ3v) is 5.35. The lowest BCUT2D eigenvalue weighted by Crippen LogP contribution is -2.18. The molecule has 1 aliphatic heterocycles. The Bertz CT molecular complexity index is 1020. The van der Waals surface area contributed by atoms with E-state index < -0.39 is 12.5 Å². The molecule has 2 aliphatic rings. The van der Waals surface area contributed by atoms with E-state index in [0.29, 0.717) is 28.5 Å². The molecule has 1 aliphatic carbocycles. The highest BCUT2D eigenvalue weighted by Crippen LogP contribution is 2.35. The van der Waals surface area contributed by atoms with Crippen molar-refractivity contribution in [3.05, 3.63) is 76.3 Å². The molecule has 4 rings (SSSR count). The highest BCUT2D eigenvalue weighted by molar-refractivity contribution is 6.30. The van der Waals surface area contributed by atoms with Crippen LogP contribution in [0.1, 0.15) is 41.3 Å². The summed E-state index contributed by atoms with van der Waals surface area (Å²) in [6, 6.07) is 12.2. The van der Waals surface area contributed by atoms with Crippen LogP contribution in [-0.2, 0) is 4.84 Å². The average Bonchev–Trinajstić information content (AvgIpc) is 3.37. The van der Waals surface area contributed by atoms with Crippen LogP contribution in [0.25, 0.3) is 0 Å². The monoisotopic (exact) mass is 450 g/mol. The second kappa shape index (κ2) is 8.72. The van der Waals surface area contributed by atoms with E-state index >= 15 is 0 Å². The van der Waals surface area contributed by atoms with E-state index in [2.05, 4.69) is 15.2 Å². The summed E-state index contributed by atoms with van der Waals surface area (Å²) in [5, 5.41) is 0.575. The Balaban J connectivity index is 1.38. The summed E-state index contributed by atoms with van der Waals surface area (Å²) in [7, 11) is 0. The van der Waals surface area contributed by atoms with Gasteiger partial charge in [-0.1, -0.05) is 29.3 Å². The predicted octanol–water partition coefficient (Wildman–Crippen LogP) is 5.78. The Hall–Kier alpha value is -2.84. The van der Waals surface area contributed by atoms with Gasteiger partial charge in [0.2, 0.25) is 5.90 Å². The summed E-state index contributed by atoms with van der Waals surface area (Å²) in [6.45, 7) is 0. The predicted molar refractivity (Wildman–Crippen MR) is 109 cm³/mol. The van der Waals surface area contributed by atoms with E-state index in [4.69, 9.17) is 16.4 Å². The van der Waals surface area contributed by atoms with Crippen LogP contribution in [-0.4, -0.2) is 18.0 Å². The standard InChI is InChI=1S/C22H18ClF3N2O3/c23-17-7-3-14(4-8-17)19(29)12-13-1-2-16(11-13)21-27-20(28-31-21)15-5-9-18(10-6-15)30-22(24,25)26/h3-10,12,16,20,28H,1-2,11H2/b13-12-. The number of hydrogen-bond donors (Lipinski definition) is 1. The summed E-state index contributed by atoms with van der Waals surface area (Å²) in [4.78, 5) is 22.5.